The summed E-state index contributed by atoms with van der Waals surface area (Å²) in [5.74, 6) is 0.601. The number of aliphatic imine (C=N–C) groups is 1. The maximum absolute atomic E-state index is 13.7. The maximum atomic E-state index is 13.7. The molecule has 8 nitrogen and oxygen atoms in total. The van der Waals surface area contributed by atoms with Crippen molar-refractivity contribution in [3.8, 4) is 11.1 Å². The Morgan fingerprint density at radius 1 is 1.07 bits per heavy atom. The molecule has 200 valence electrons. The number of H-pyrrole nitrogens is 1. The second kappa shape index (κ2) is 10.5. The Morgan fingerprint density at radius 2 is 1.82 bits per heavy atom. The van der Waals surface area contributed by atoms with Gasteiger partial charge in [0.2, 0.25) is 11.8 Å². The van der Waals surface area contributed by atoms with Crippen LogP contribution in [0.2, 0.25) is 5.02 Å². The van der Waals surface area contributed by atoms with Crippen molar-refractivity contribution >= 4 is 40.0 Å². The molecule has 9 heteroatoms. The number of aromatic amines is 1. The minimum atomic E-state index is -0.364. The predicted molar refractivity (Wildman–Crippen MR) is 157 cm³/mol. The van der Waals surface area contributed by atoms with Crippen molar-refractivity contribution in [1.82, 2.24) is 15.5 Å². The summed E-state index contributed by atoms with van der Waals surface area (Å²) in [7, 11) is 0. The fraction of sp³-hybridized carbons (Fsp3) is 0.161. The average molecular weight is 552 g/mol. The van der Waals surface area contributed by atoms with Crippen molar-refractivity contribution < 1.29 is 9.63 Å². The predicted octanol–water partition coefficient (Wildman–Crippen LogP) is 6.02. The smallest absolute Gasteiger partial charge is 0.258 e. The molecule has 0 radical (unpaired) electrons. The van der Waals surface area contributed by atoms with Gasteiger partial charge in [-0.2, -0.15) is 10.1 Å². The number of halogens is 1. The van der Waals surface area contributed by atoms with E-state index in [2.05, 4.69) is 22.0 Å². The summed E-state index contributed by atoms with van der Waals surface area (Å²) in [6, 6.07) is 22.7. The number of fused-ring (bicyclic) bond motifs is 1. The van der Waals surface area contributed by atoms with Crippen LogP contribution in [0.5, 0.6) is 0 Å². The number of aryl methyl sites for hydroxylation is 1. The molecule has 40 heavy (non-hydrogen) atoms. The summed E-state index contributed by atoms with van der Waals surface area (Å²) in [6.07, 6.45) is 0.877. The highest BCUT2D eigenvalue weighted by Gasteiger charge is 2.35. The fourth-order valence-corrected chi connectivity index (χ4v) is 5.26. The molecule has 0 saturated heterocycles. The maximum Gasteiger partial charge on any atom is 0.258 e. The number of aromatic nitrogens is 1. The number of carbonyl (C=O) groups excluding carboxylic acids is 1. The molecule has 3 heterocycles. The highest BCUT2D eigenvalue weighted by atomic mass is 35.5. The lowest BCUT2D eigenvalue weighted by Crippen LogP contribution is -2.28. The van der Waals surface area contributed by atoms with Gasteiger partial charge in [0.1, 0.15) is 5.84 Å². The van der Waals surface area contributed by atoms with Crippen LogP contribution in [0.3, 0.4) is 0 Å². The lowest BCUT2D eigenvalue weighted by atomic mass is 9.91. The number of rotatable bonds is 6. The lowest BCUT2D eigenvalue weighted by molar-refractivity contribution is -0.132. The zero-order chi connectivity index (χ0) is 27.8. The molecule has 0 fully saturated rings. The Bertz CT molecular complexity index is 1760. The van der Waals surface area contributed by atoms with Gasteiger partial charge in [0, 0.05) is 40.8 Å². The molecule has 4 aromatic rings. The second-order valence-electron chi connectivity index (χ2n) is 9.83. The van der Waals surface area contributed by atoms with E-state index in [1.807, 2.05) is 67.6 Å². The molecule has 2 aliphatic heterocycles. The van der Waals surface area contributed by atoms with Gasteiger partial charge in [-0.05, 0) is 42.8 Å². The van der Waals surface area contributed by atoms with Gasteiger partial charge in [-0.25, -0.2) is 10.5 Å². The van der Waals surface area contributed by atoms with E-state index < -0.39 is 0 Å². The van der Waals surface area contributed by atoms with Crippen molar-refractivity contribution in [3.05, 3.63) is 117 Å². The summed E-state index contributed by atoms with van der Waals surface area (Å²) in [6.45, 7) is 5.67. The molecule has 1 aromatic heterocycles. The first kappa shape index (κ1) is 25.6. The Hall–Kier alpha value is -4.69. The third-order valence-electron chi connectivity index (χ3n) is 7.09. The molecule has 2 aliphatic rings. The molecular weight excluding hydrogens is 526 g/mol. The van der Waals surface area contributed by atoms with Gasteiger partial charge in [-0.15, -0.1) is 0 Å². The average Bonchev–Trinajstić information content (AvgIpc) is 3.58. The van der Waals surface area contributed by atoms with E-state index in [1.165, 1.54) is 5.01 Å². The van der Waals surface area contributed by atoms with Crippen LogP contribution in [0.4, 0.5) is 0 Å². The molecule has 0 aliphatic carbocycles. The number of hydrazone groups is 1. The molecule has 1 amide bonds. The van der Waals surface area contributed by atoms with Crippen LogP contribution < -0.4 is 11.0 Å². The molecule has 0 bridgehead atoms. The Balaban J connectivity index is 1.45. The fourth-order valence-electron chi connectivity index (χ4n) is 5.14. The van der Waals surface area contributed by atoms with Gasteiger partial charge in [0.05, 0.1) is 17.3 Å². The number of hydroxylamine groups is 1. The minimum absolute atomic E-state index is 0.153. The van der Waals surface area contributed by atoms with Crippen molar-refractivity contribution in [2.24, 2.45) is 10.1 Å². The third kappa shape index (κ3) is 4.89. The molecule has 2 N–H and O–H groups in total. The summed E-state index contributed by atoms with van der Waals surface area (Å²) in [5.41, 5.74) is 7.77. The van der Waals surface area contributed by atoms with Crippen molar-refractivity contribution in [2.75, 3.05) is 0 Å². The highest BCUT2D eigenvalue weighted by molar-refractivity contribution is 6.30. The largest absolute Gasteiger partial charge is 0.361 e. The van der Waals surface area contributed by atoms with Gasteiger partial charge < -0.3 is 9.82 Å². The van der Waals surface area contributed by atoms with E-state index in [1.54, 1.807) is 12.1 Å². The molecule has 1 atom stereocenters. The Labute approximate surface area is 235 Å². The number of benzene rings is 3. The second-order valence-corrected chi connectivity index (χ2v) is 10.3. The SMILES string of the molecule is C=C1N=C(CCC(=O)N2N=C(c3c(-c4ccc(Cl)cc4)c4ccccc4[nH]c3=O)CC2c2ccc(C)cc2)NO1. The number of amidine groups is 1. The number of hydrogen-bond acceptors (Lipinski definition) is 6. The number of pyridine rings is 1. The lowest BCUT2D eigenvalue weighted by Gasteiger charge is -2.22. The van der Waals surface area contributed by atoms with Crippen LogP contribution in [0.1, 0.15) is 42.0 Å². The van der Waals surface area contributed by atoms with Crippen molar-refractivity contribution in [1.29, 1.82) is 0 Å². The van der Waals surface area contributed by atoms with Crippen molar-refractivity contribution in [2.45, 2.75) is 32.2 Å². The molecular formula is C31H26ClN5O3. The Kier molecular flexibility index (Phi) is 6.69. The van der Waals surface area contributed by atoms with Gasteiger partial charge in [-0.1, -0.05) is 71.8 Å². The van der Waals surface area contributed by atoms with Crippen LogP contribution in [0.25, 0.3) is 22.0 Å². The van der Waals surface area contributed by atoms with Gasteiger partial charge in [0.15, 0.2) is 0 Å². The van der Waals surface area contributed by atoms with Gasteiger partial charge >= 0.3 is 0 Å². The first-order valence-electron chi connectivity index (χ1n) is 12.9. The molecule has 3 aromatic carbocycles. The Morgan fingerprint density at radius 3 is 2.55 bits per heavy atom. The zero-order valence-electron chi connectivity index (χ0n) is 21.8. The topological polar surface area (TPSA) is 99.2 Å². The number of nitrogens with zero attached hydrogens (tertiary/aromatic N) is 3. The molecule has 6 rings (SSSR count). The quantitative estimate of drug-likeness (QED) is 0.306. The highest BCUT2D eigenvalue weighted by Crippen LogP contribution is 2.37. The molecule has 1 unspecified atom stereocenters. The van der Waals surface area contributed by atoms with E-state index in [0.717, 1.165) is 33.2 Å². The van der Waals surface area contributed by atoms with Crippen LogP contribution in [-0.2, 0) is 9.63 Å². The zero-order valence-corrected chi connectivity index (χ0v) is 22.5. The van der Waals surface area contributed by atoms with Crippen LogP contribution in [0.15, 0.2) is 100 Å². The van der Waals surface area contributed by atoms with E-state index in [9.17, 15) is 9.59 Å². The normalized spacial score (nSPS) is 16.5. The van der Waals surface area contributed by atoms with E-state index in [-0.39, 0.29) is 29.8 Å². The summed E-state index contributed by atoms with van der Waals surface area (Å²) < 4.78 is 0. The van der Waals surface area contributed by atoms with Crippen LogP contribution in [-0.4, -0.2) is 27.4 Å². The first-order valence-corrected chi connectivity index (χ1v) is 13.3. The third-order valence-corrected chi connectivity index (χ3v) is 7.35. The van der Waals surface area contributed by atoms with Crippen LogP contribution in [0, 0.1) is 6.92 Å². The van der Waals surface area contributed by atoms with E-state index in [4.69, 9.17) is 21.5 Å². The van der Waals surface area contributed by atoms with Gasteiger partial charge in [-0.3, -0.25) is 9.59 Å². The van der Waals surface area contributed by atoms with E-state index in [0.29, 0.717) is 35.0 Å². The number of carbonyl (C=O) groups is 1. The standard InChI is InChI=1S/C31H26ClN5O3/c1-18-7-9-20(10-8-18)26-17-25(35-37(26)28(38)16-15-27-33-19(2)40-36-27)30-29(21-11-13-22(32)14-12-21)23-5-3-4-6-24(23)34-31(30)39/h3-14,26H,2,15-17H2,1H3,(H,33,36)(H,34,39). The van der Waals surface area contributed by atoms with Crippen LogP contribution >= 0.6 is 11.6 Å². The summed E-state index contributed by atoms with van der Waals surface area (Å²) in [4.78, 5) is 39.5. The number of amides is 1. The number of nitrogens with one attached hydrogen (secondary N) is 2. The minimum Gasteiger partial charge on any atom is -0.361 e. The number of para-hydroxylation sites is 1. The summed E-state index contributed by atoms with van der Waals surface area (Å²) >= 11 is 6.19. The monoisotopic (exact) mass is 551 g/mol. The summed E-state index contributed by atoms with van der Waals surface area (Å²) in [5, 5.41) is 7.80. The van der Waals surface area contributed by atoms with E-state index >= 15 is 0 Å². The number of hydrogen-bond donors (Lipinski definition) is 2. The molecule has 0 saturated carbocycles. The van der Waals surface area contributed by atoms with Crippen molar-refractivity contribution in [3.63, 3.8) is 0 Å². The van der Waals surface area contributed by atoms with Gasteiger partial charge in [0.25, 0.3) is 5.56 Å². The first-order chi connectivity index (χ1) is 19.4. The molecule has 0 spiro atoms.